The average molecular weight is 332 g/mol. The molecule has 1 rings (SSSR count). The minimum atomic E-state index is -0.211. The van der Waals surface area contributed by atoms with E-state index in [2.05, 4.69) is 52.0 Å². The lowest BCUT2D eigenvalue weighted by Gasteiger charge is -2.10. The van der Waals surface area contributed by atoms with Gasteiger partial charge in [-0.15, -0.1) is 11.8 Å². The van der Waals surface area contributed by atoms with Gasteiger partial charge in [0.15, 0.2) is 0 Å². The molecule has 0 aliphatic heterocycles. The number of nitrogens with one attached hydrogen (secondary N) is 1. The Morgan fingerprint density at radius 1 is 1.50 bits per heavy atom. The molecule has 0 amide bonds. The summed E-state index contributed by atoms with van der Waals surface area (Å²) in [5.74, 6) is 0.121. The van der Waals surface area contributed by atoms with E-state index >= 15 is 0 Å². The number of benzene rings is 1. The summed E-state index contributed by atoms with van der Waals surface area (Å²) in [6.07, 6.45) is 0. The highest BCUT2D eigenvalue weighted by atomic mass is 79.9. The van der Waals surface area contributed by atoms with Gasteiger partial charge in [0.05, 0.1) is 12.9 Å². The fourth-order valence-electron chi connectivity index (χ4n) is 1.29. The van der Waals surface area contributed by atoms with E-state index in [1.165, 1.54) is 24.4 Å². The Bertz CT molecular complexity index is 410. The van der Waals surface area contributed by atoms with Gasteiger partial charge in [0.25, 0.3) is 0 Å². The zero-order valence-corrected chi connectivity index (χ0v) is 13.2. The second kappa shape index (κ2) is 7.81. The van der Waals surface area contributed by atoms with Crippen molar-refractivity contribution >= 4 is 33.7 Å². The topological polar surface area (TPSA) is 38.3 Å². The fraction of sp³-hybridized carbons (Fsp3) is 0.462. The summed E-state index contributed by atoms with van der Waals surface area (Å²) in [7, 11) is 1.40. The molecule has 3 nitrogen and oxygen atoms in total. The van der Waals surface area contributed by atoms with E-state index in [0.29, 0.717) is 11.8 Å². The van der Waals surface area contributed by atoms with Crippen LogP contribution in [0.5, 0.6) is 0 Å². The predicted octanol–water partition coefficient (Wildman–Crippen LogP) is 3.21. The lowest BCUT2D eigenvalue weighted by atomic mass is 10.2. The molecule has 1 N–H and O–H groups in total. The molecule has 5 heteroatoms. The second-order valence-electron chi connectivity index (χ2n) is 4.17. The molecule has 0 atom stereocenters. The highest BCUT2D eigenvalue weighted by Crippen LogP contribution is 2.28. The summed E-state index contributed by atoms with van der Waals surface area (Å²) in [6, 6.07) is 6.64. The maximum Gasteiger partial charge on any atom is 0.315 e. The van der Waals surface area contributed by atoms with Gasteiger partial charge >= 0.3 is 5.97 Å². The summed E-state index contributed by atoms with van der Waals surface area (Å²) < 4.78 is 5.63. The summed E-state index contributed by atoms with van der Waals surface area (Å²) in [5, 5.41) is 3.37. The first-order chi connectivity index (χ1) is 8.52. The summed E-state index contributed by atoms with van der Waals surface area (Å²) >= 11 is 5.00. The van der Waals surface area contributed by atoms with Crippen LogP contribution in [0.1, 0.15) is 19.4 Å². The van der Waals surface area contributed by atoms with Crippen LogP contribution in [0, 0.1) is 0 Å². The predicted molar refractivity (Wildman–Crippen MR) is 78.9 cm³/mol. The molecule has 0 radical (unpaired) electrons. The van der Waals surface area contributed by atoms with Gasteiger partial charge in [0.2, 0.25) is 0 Å². The summed E-state index contributed by atoms with van der Waals surface area (Å²) in [4.78, 5) is 12.1. The zero-order valence-electron chi connectivity index (χ0n) is 10.8. The summed E-state index contributed by atoms with van der Waals surface area (Å²) in [6.45, 7) is 5.09. The van der Waals surface area contributed by atoms with Gasteiger partial charge in [-0.25, -0.2) is 0 Å². The molecular formula is C13H18BrNO2S. The van der Waals surface area contributed by atoms with Crippen molar-refractivity contribution in [3.8, 4) is 0 Å². The van der Waals surface area contributed by atoms with E-state index in [0.717, 1.165) is 15.9 Å². The SMILES string of the molecule is COC(=O)CSc1ccc(CNC(C)C)cc1Br. The van der Waals surface area contributed by atoms with E-state index in [4.69, 9.17) is 0 Å². The first-order valence-corrected chi connectivity index (χ1v) is 7.52. The lowest BCUT2D eigenvalue weighted by molar-refractivity contribution is -0.137. The van der Waals surface area contributed by atoms with Crippen molar-refractivity contribution in [1.82, 2.24) is 5.32 Å². The Morgan fingerprint density at radius 3 is 2.78 bits per heavy atom. The van der Waals surface area contributed by atoms with Crippen molar-refractivity contribution in [3.63, 3.8) is 0 Å². The van der Waals surface area contributed by atoms with E-state index in [-0.39, 0.29) is 5.97 Å². The van der Waals surface area contributed by atoms with Crippen molar-refractivity contribution < 1.29 is 9.53 Å². The minimum absolute atomic E-state index is 0.211. The Kier molecular flexibility index (Phi) is 6.75. The molecule has 1 aromatic carbocycles. The molecule has 0 bridgehead atoms. The van der Waals surface area contributed by atoms with Gasteiger partial charge in [-0.3, -0.25) is 4.79 Å². The van der Waals surface area contributed by atoms with Gasteiger partial charge in [0.1, 0.15) is 0 Å². The number of carbonyl (C=O) groups excluding carboxylic acids is 1. The van der Waals surface area contributed by atoms with Crippen LogP contribution < -0.4 is 5.32 Å². The van der Waals surface area contributed by atoms with E-state index < -0.39 is 0 Å². The molecule has 0 fully saturated rings. The van der Waals surface area contributed by atoms with Crippen LogP contribution in [-0.2, 0) is 16.1 Å². The van der Waals surface area contributed by atoms with Gasteiger partial charge in [0, 0.05) is 22.0 Å². The third-order valence-electron chi connectivity index (χ3n) is 2.28. The standard InChI is InChI=1S/C13H18BrNO2S/c1-9(2)15-7-10-4-5-12(11(14)6-10)18-8-13(16)17-3/h4-6,9,15H,7-8H2,1-3H3. The number of rotatable bonds is 6. The van der Waals surface area contributed by atoms with Gasteiger partial charge in [-0.1, -0.05) is 19.9 Å². The maximum absolute atomic E-state index is 11.1. The van der Waals surface area contributed by atoms with Crippen LogP contribution in [0.25, 0.3) is 0 Å². The van der Waals surface area contributed by atoms with Crippen molar-refractivity contribution in [2.24, 2.45) is 0 Å². The van der Waals surface area contributed by atoms with Gasteiger partial charge in [-0.05, 0) is 33.6 Å². The second-order valence-corrected chi connectivity index (χ2v) is 6.04. The van der Waals surface area contributed by atoms with Crippen LogP contribution in [0.2, 0.25) is 0 Å². The normalized spacial score (nSPS) is 10.7. The van der Waals surface area contributed by atoms with Crippen LogP contribution in [0.3, 0.4) is 0 Å². The number of carbonyl (C=O) groups is 1. The molecule has 0 saturated heterocycles. The van der Waals surface area contributed by atoms with Crippen LogP contribution >= 0.6 is 27.7 Å². The van der Waals surface area contributed by atoms with Crippen molar-refractivity contribution in [3.05, 3.63) is 28.2 Å². The molecular weight excluding hydrogens is 314 g/mol. The first kappa shape index (κ1) is 15.5. The van der Waals surface area contributed by atoms with Crippen molar-refractivity contribution in [2.45, 2.75) is 31.3 Å². The van der Waals surface area contributed by atoms with Crippen LogP contribution in [0.4, 0.5) is 0 Å². The molecule has 18 heavy (non-hydrogen) atoms. The number of methoxy groups -OCH3 is 1. The van der Waals surface area contributed by atoms with E-state index in [1.807, 2.05) is 6.07 Å². The van der Waals surface area contributed by atoms with Crippen LogP contribution in [-0.4, -0.2) is 24.9 Å². The van der Waals surface area contributed by atoms with Gasteiger partial charge < -0.3 is 10.1 Å². The molecule has 0 saturated carbocycles. The molecule has 0 unspecified atom stereocenters. The highest BCUT2D eigenvalue weighted by molar-refractivity contribution is 9.10. The molecule has 1 aromatic rings. The first-order valence-electron chi connectivity index (χ1n) is 5.74. The van der Waals surface area contributed by atoms with Crippen molar-refractivity contribution in [2.75, 3.05) is 12.9 Å². The summed E-state index contributed by atoms with van der Waals surface area (Å²) in [5.41, 5.74) is 1.22. The molecule has 0 heterocycles. The Morgan fingerprint density at radius 2 is 2.22 bits per heavy atom. The van der Waals surface area contributed by atoms with E-state index in [9.17, 15) is 4.79 Å². The number of esters is 1. The van der Waals surface area contributed by atoms with Gasteiger partial charge in [-0.2, -0.15) is 0 Å². The maximum atomic E-state index is 11.1. The Hall–Kier alpha value is -0.520. The highest BCUT2D eigenvalue weighted by Gasteiger charge is 2.06. The number of thioether (sulfide) groups is 1. The Balaban J connectivity index is 2.59. The lowest BCUT2D eigenvalue weighted by Crippen LogP contribution is -2.21. The monoisotopic (exact) mass is 331 g/mol. The Labute approximate surface area is 121 Å². The minimum Gasteiger partial charge on any atom is -0.468 e. The smallest absolute Gasteiger partial charge is 0.315 e. The van der Waals surface area contributed by atoms with Crippen molar-refractivity contribution in [1.29, 1.82) is 0 Å². The number of halogens is 1. The number of hydrogen-bond acceptors (Lipinski definition) is 4. The zero-order chi connectivity index (χ0) is 13.5. The third kappa shape index (κ3) is 5.42. The number of hydrogen-bond donors (Lipinski definition) is 1. The fourth-order valence-corrected chi connectivity index (χ4v) is 2.81. The molecule has 0 spiro atoms. The van der Waals surface area contributed by atoms with E-state index in [1.54, 1.807) is 0 Å². The largest absolute Gasteiger partial charge is 0.468 e. The molecule has 0 aromatic heterocycles. The van der Waals surface area contributed by atoms with Crippen LogP contribution in [0.15, 0.2) is 27.6 Å². The third-order valence-corrected chi connectivity index (χ3v) is 4.25. The number of ether oxygens (including phenoxy) is 1. The quantitative estimate of drug-likeness (QED) is 0.641. The molecule has 0 aliphatic rings. The molecule has 0 aliphatic carbocycles. The molecule has 100 valence electrons. The average Bonchev–Trinajstić information content (AvgIpc) is 2.34.